The Labute approximate surface area is 225 Å². The Bertz CT molecular complexity index is 1290. The standard InChI is InChI=1S/C31H35NO5S/c1-36-31(33)16-10-4-9-15-28-29(32-38(34,35)27-13-7-3-8-14-27)21-22-30(28)37-23-24-17-19-26(20-18-24)25-11-5-2-6-12-25/h2-9,11-14,17-20,28-30,32H,10,15-16,21-23H2,1H3/b9-4-/t28-,29+,30+/m1/s1. The van der Waals surface area contributed by atoms with E-state index in [0.29, 0.717) is 32.3 Å². The van der Waals surface area contributed by atoms with Gasteiger partial charge < -0.3 is 9.47 Å². The number of hydrogen-bond donors (Lipinski definition) is 1. The van der Waals surface area contributed by atoms with Gasteiger partial charge in [0, 0.05) is 18.4 Å². The number of ether oxygens (including phenoxy) is 2. The lowest BCUT2D eigenvalue weighted by atomic mass is 9.97. The molecule has 1 aliphatic carbocycles. The summed E-state index contributed by atoms with van der Waals surface area (Å²) in [5.74, 6) is -0.269. The van der Waals surface area contributed by atoms with E-state index in [9.17, 15) is 13.2 Å². The molecule has 1 saturated carbocycles. The van der Waals surface area contributed by atoms with Gasteiger partial charge in [-0.05, 0) is 54.5 Å². The Morgan fingerprint density at radius 2 is 1.55 bits per heavy atom. The molecule has 0 radical (unpaired) electrons. The van der Waals surface area contributed by atoms with E-state index in [-0.39, 0.29) is 28.9 Å². The summed E-state index contributed by atoms with van der Waals surface area (Å²) in [6.07, 6.45) is 6.92. The minimum absolute atomic E-state index is 0.0218. The van der Waals surface area contributed by atoms with Crippen molar-refractivity contribution in [3.63, 3.8) is 0 Å². The molecule has 3 aromatic rings. The van der Waals surface area contributed by atoms with Crippen molar-refractivity contribution in [1.29, 1.82) is 0 Å². The molecule has 0 amide bonds. The maximum absolute atomic E-state index is 13.0. The highest BCUT2D eigenvalue weighted by atomic mass is 32.2. The number of rotatable bonds is 12. The van der Waals surface area contributed by atoms with E-state index in [4.69, 9.17) is 9.47 Å². The van der Waals surface area contributed by atoms with Gasteiger partial charge in [0.15, 0.2) is 0 Å². The summed E-state index contributed by atoms with van der Waals surface area (Å²) < 4.78 is 40.1. The zero-order valence-electron chi connectivity index (χ0n) is 21.7. The molecule has 0 bridgehead atoms. The fourth-order valence-electron chi connectivity index (χ4n) is 4.87. The molecule has 1 aliphatic rings. The molecule has 38 heavy (non-hydrogen) atoms. The van der Waals surface area contributed by atoms with Crippen LogP contribution in [0, 0.1) is 5.92 Å². The summed E-state index contributed by atoms with van der Waals surface area (Å²) in [5, 5.41) is 0. The van der Waals surface area contributed by atoms with Gasteiger partial charge in [-0.2, -0.15) is 0 Å². The number of nitrogens with one attached hydrogen (secondary N) is 1. The second-order valence-corrected chi connectivity index (χ2v) is 11.2. The van der Waals surface area contributed by atoms with Crippen molar-refractivity contribution >= 4 is 16.0 Å². The molecule has 3 aromatic carbocycles. The second kappa shape index (κ2) is 13.5. The zero-order chi connectivity index (χ0) is 26.8. The third-order valence-corrected chi connectivity index (χ3v) is 8.47. The Morgan fingerprint density at radius 1 is 0.895 bits per heavy atom. The smallest absolute Gasteiger partial charge is 0.305 e. The molecule has 0 heterocycles. The Kier molecular flexibility index (Phi) is 9.87. The summed E-state index contributed by atoms with van der Waals surface area (Å²) in [4.78, 5) is 11.7. The predicted molar refractivity (Wildman–Crippen MR) is 149 cm³/mol. The van der Waals surface area contributed by atoms with Gasteiger partial charge >= 0.3 is 5.97 Å². The van der Waals surface area contributed by atoms with Crippen LogP contribution in [0.25, 0.3) is 11.1 Å². The SMILES string of the molecule is COC(=O)CC/C=C\C[C@@H]1[C@@H](NS(=O)(=O)c2ccccc2)CC[C@@H]1OCc1ccc(-c2ccccc2)cc1. The molecule has 4 rings (SSSR count). The average Bonchev–Trinajstić information content (AvgIpc) is 3.33. The van der Waals surface area contributed by atoms with Gasteiger partial charge in [0.25, 0.3) is 0 Å². The van der Waals surface area contributed by atoms with Crippen LogP contribution in [0.15, 0.2) is 102 Å². The van der Waals surface area contributed by atoms with E-state index in [0.717, 1.165) is 17.5 Å². The molecule has 1 fully saturated rings. The van der Waals surface area contributed by atoms with Crippen LogP contribution >= 0.6 is 0 Å². The van der Waals surface area contributed by atoms with E-state index in [2.05, 4.69) is 41.1 Å². The molecule has 0 saturated heterocycles. The fraction of sp³-hybridized carbons (Fsp3) is 0.323. The van der Waals surface area contributed by atoms with Crippen LogP contribution < -0.4 is 4.72 Å². The Morgan fingerprint density at radius 3 is 2.24 bits per heavy atom. The van der Waals surface area contributed by atoms with Gasteiger partial charge in [-0.3, -0.25) is 4.79 Å². The first-order valence-corrected chi connectivity index (χ1v) is 14.5. The van der Waals surface area contributed by atoms with Crippen LogP contribution in [0.4, 0.5) is 0 Å². The third kappa shape index (κ3) is 7.63. The first-order valence-electron chi connectivity index (χ1n) is 13.0. The second-order valence-electron chi connectivity index (χ2n) is 9.52. The number of benzene rings is 3. The Balaban J connectivity index is 1.41. The normalized spacial score (nSPS) is 19.6. The van der Waals surface area contributed by atoms with Crippen LogP contribution in [-0.2, 0) is 30.9 Å². The summed E-state index contributed by atoms with van der Waals surface area (Å²) in [5.41, 5.74) is 3.40. The maximum atomic E-state index is 13.0. The zero-order valence-corrected chi connectivity index (χ0v) is 22.5. The molecule has 0 aliphatic heterocycles. The predicted octanol–water partition coefficient (Wildman–Crippen LogP) is 5.90. The molecule has 0 aromatic heterocycles. The summed E-state index contributed by atoms with van der Waals surface area (Å²) in [6, 6.07) is 26.8. The van der Waals surface area contributed by atoms with Gasteiger partial charge in [0.05, 0.1) is 24.7 Å². The van der Waals surface area contributed by atoms with Crippen molar-refractivity contribution in [2.45, 2.75) is 55.8 Å². The van der Waals surface area contributed by atoms with E-state index >= 15 is 0 Å². The molecule has 6 nitrogen and oxygen atoms in total. The highest BCUT2D eigenvalue weighted by Crippen LogP contribution is 2.34. The highest BCUT2D eigenvalue weighted by Gasteiger charge is 2.38. The van der Waals surface area contributed by atoms with Crippen molar-refractivity contribution < 1.29 is 22.7 Å². The molecule has 1 N–H and O–H groups in total. The van der Waals surface area contributed by atoms with Gasteiger partial charge in [-0.1, -0.05) is 84.9 Å². The van der Waals surface area contributed by atoms with Gasteiger partial charge in [0.2, 0.25) is 10.0 Å². The lowest BCUT2D eigenvalue weighted by Gasteiger charge is -2.25. The summed E-state index contributed by atoms with van der Waals surface area (Å²) in [7, 11) is -2.26. The van der Waals surface area contributed by atoms with Crippen LogP contribution in [0.1, 0.15) is 37.7 Å². The van der Waals surface area contributed by atoms with Gasteiger partial charge in [-0.25, -0.2) is 13.1 Å². The number of hydrogen-bond acceptors (Lipinski definition) is 5. The third-order valence-electron chi connectivity index (χ3n) is 6.96. The molecule has 0 spiro atoms. The number of carbonyl (C=O) groups is 1. The lowest BCUT2D eigenvalue weighted by Crippen LogP contribution is -2.39. The van der Waals surface area contributed by atoms with Crippen LogP contribution in [0.3, 0.4) is 0 Å². The van der Waals surface area contributed by atoms with Crippen LogP contribution in [0.2, 0.25) is 0 Å². The van der Waals surface area contributed by atoms with Crippen LogP contribution in [0.5, 0.6) is 0 Å². The molecule has 7 heteroatoms. The lowest BCUT2D eigenvalue weighted by molar-refractivity contribution is -0.140. The molecular weight excluding hydrogens is 498 g/mol. The van der Waals surface area contributed by atoms with Crippen molar-refractivity contribution in [3.05, 3.63) is 103 Å². The van der Waals surface area contributed by atoms with E-state index in [1.54, 1.807) is 30.3 Å². The monoisotopic (exact) mass is 533 g/mol. The summed E-state index contributed by atoms with van der Waals surface area (Å²) >= 11 is 0. The topological polar surface area (TPSA) is 81.7 Å². The van der Waals surface area contributed by atoms with E-state index in [1.807, 2.05) is 30.4 Å². The summed E-state index contributed by atoms with van der Waals surface area (Å²) in [6.45, 7) is 0.459. The first-order chi connectivity index (χ1) is 18.5. The Hall–Kier alpha value is -3.26. The largest absolute Gasteiger partial charge is 0.469 e. The number of allylic oxidation sites excluding steroid dienone is 2. The number of esters is 1. The van der Waals surface area contributed by atoms with Gasteiger partial charge in [-0.15, -0.1) is 0 Å². The molecule has 3 atom stereocenters. The van der Waals surface area contributed by atoms with Crippen molar-refractivity contribution in [1.82, 2.24) is 4.72 Å². The maximum Gasteiger partial charge on any atom is 0.305 e. The number of sulfonamides is 1. The quantitative estimate of drug-likeness (QED) is 0.232. The van der Waals surface area contributed by atoms with Crippen molar-refractivity contribution in [2.24, 2.45) is 5.92 Å². The number of methoxy groups -OCH3 is 1. The van der Waals surface area contributed by atoms with E-state index in [1.165, 1.54) is 12.7 Å². The van der Waals surface area contributed by atoms with Crippen LogP contribution in [-0.4, -0.2) is 33.6 Å². The van der Waals surface area contributed by atoms with Gasteiger partial charge in [0.1, 0.15) is 0 Å². The number of carbonyl (C=O) groups excluding carboxylic acids is 1. The first kappa shape index (κ1) is 27.8. The minimum atomic E-state index is -3.64. The minimum Gasteiger partial charge on any atom is -0.469 e. The fourth-order valence-corrected chi connectivity index (χ4v) is 6.21. The van der Waals surface area contributed by atoms with Crippen molar-refractivity contribution in [2.75, 3.05) is 7.11 Å². The highest BCUT2D eigenvalue weighted by molar-refractivity contribution is 7.89. The van der Waals surface area contributed by atoms with Crippen molar-refractivity contribution in [3.8, 4) is 11.1 Å². The molecular formula is C31H35NO5S. The molecule has 0 unspecified atom stereocenters. The van der Waals surface area contributed by atoms with E-state index < -0.39 is 10.0 Å². The average molecular weight is 534 g/mol. The molecule has 200 valence electrons.